The average molecular weight is 422 g/mol. The monoisotopic (exact) mass is 421 g/mol. The van der Waals surface area contributed by atoms with Crippen LogP contribution in [0.25, 0.3) is 11.1 Å². The molecule has 2 rings (SSSR count). The maximum absolute atomic E-state index is 13.3. The number of carbonyl (C=O) groups excluding carboxylic acids is 1. The predicted octanol–water partition coefficient (Wildman–Crippen LogP) is 8.52. The molecule has 0 saturated heterocycles. The van der Waals surface area contributed by atoms with Crippen molar-refractivity contribution in [1.82, 2.24) is 4.90 Å². The number of rotatable bonds is 16. The molecular weight excluding hydrogens is 378 g/mol. The first kappa shape index (κ1) is 25.2. The van der Waals surface area contributed by atoms with Crippen molar-refractivity contribution in [3.8, 4) is 11.1 Å². The Hall–Kier alpha value is -2.09. The SMILES string of the molecule is CCCCCCCCN(CCCCCCCC)C(=O)c1ccc(-c2ccccc2)cc1. The van der Waals surface area contributed by atoms with E-state index in [9.17, 15) is 4.79 Å². The van der Waals surface area contributed by atoms with E-state index in [4.69, 9.17) is 0 Å². The molecule has 0 bridgehead atoms. The van der Waals surface area contributed by atoms with Crippen LogP contribution in [0.5, 0.6) is 0 Å². The topological polar surface area (TPSA) is 20.3 Å². The van der Waals surface area contributed by atoms with Crippen molar-refractivity contribution in [2.45, 2.75) is 90.9 Å². The quantitative estimate of drug-likeness (QED) is 0.249. The Bertz CT molecular complexity index is 691. The molecular formula is C29H43NO. The first-order valence-corrected chi connectivity index (χ1v) is 12.7. The van der Waals surface area contributed by atoms with Crippen LogP contribution in [-0.2, 0) is 0 Å². The molecule has 2 heteroatoms. The lowest BCUT2D eigenvalue weighted by Crippen LogP contribution is -2.33. The summed E-state index contributed by atoms with van der Waals surface area (Å²) in [5, 5.41) is 0. The van der Waals surface area contributed by atoms with Crippen LogP contribution < -0.4 is 0 Å². The Balaban J connectivity index is 1.91. The third-order valence-corrected chi connectivity index (χ3v) is 6.09. The second kappa shape index (κ2) is 15.7. The minimum absolute atomic E-state index is 0.196. The third kappa shape index (κ3) is 9.72. The van der Waals surface area contributed by atoms with Gasteiger partial charge in [-0.1, -0.05) is 121 Å². The van der Waals surface area contributed by atoms with Crippen molar-refractivity contribution in [2.24, 2.45) is 0 Å². The molecule has 0 aromatic heterocycles. The first-order valence-electron chi connectivity index (χ1n) is 12.7. The summed E-state index contributed by atoms with van der Waals surface area (Å²) in [5.41, 5.74) is 3.17. The minimum atomic E-state index is 0.196. The van der Waals surface area contributed by atoms with Gasteiger partial charge in [-0.2, -0.15) is 0 Å². The van der Waals surface area contributed by atoms with Gasteiger partial charge in [0.25, 0.3) is 5.91 Å². The van der Waals surface area contributed by atoms with Crippen molar-refractivity contribution >= 4 is 5.91 Å². The number of hydrogen-bond acceptors (Lipinski definition) is 1. The van der Waals surface area contributed by atoms with Crippen LogP contribution in [0, 0.1) is 0 Å². The Morgan fingerprint density at radius 2 is 1.03 bits per heavy atom. The summed E-state index contributed by atoms with van der Waals surface area (Å²) >= 11 is 0. The van der Waals surface area contributed by atoms with Gasteiger partial charge >= 0.3 is 0 Å². The molecule has 31 heavy (non-hydrogen) atoms. The van der Waals surface area contributed by atoms with Gasteiger partial charge in [0.15, 0.2) is 0 Å². The van der Waals surface area contributed by atoms with Crippen LogP contribution in [0.3, 0.4) is 0 Å². The van der Waals surface area contributed by atoms with Gasteiger partial charge in [0.1, 0.15) is 0 Å². The molecule has 170 valence electrons. The molecule has 2 aromatic carbocycles. The lowest BCUT2D eigenvalue weighted by Gasteiger charge is -2.23. The van der Waals surface area contributed by atoms with Gasteiger partial charge in [-0.15, -0.1) is 0 Å². The molecule has 0 heterocycles. The van der Waals surface area contributed by atoms with E-state index in [1.54, 1.807) is 0 Å². The molecule has 0 radical (unpaired) electrons. The van der Waals surface area contributed by atoms with Crippen LogP contribution in [-0.4, -0.2) is 23.9 Å². The normalized spacial score (nSPS) is 10.9. The Labute approximate surface area is 191 Å². The van der Waals surface area contributed by atoms with Gasteiger partial charge in [-0.25, -0.2) is 0 Å². The number of benzene rings is 2. The molecule has 0 aliphatic heterocycles. The highest BCUT2D eigenvalue weighted by Gasteiger charge is 2.15. The molecule has 0 atom stereocenters. The molecule has 0 aliphatic carbocycles. The van der Waals surface area contributed by atoms with E-state index in [-0.39, 0.29) is 5.91 Å². The molecule has 1 amide bonds. The summed E-state index contributed by atoms with van der Waals surface area (Å²) in [4.78, 5) is 15.4. The maximum atomic E-state index is 13.3. The van der Waals surface area contributed by atoms with Crippen LogP contribution in [0.1, 0.15) is 101 Å². The summed E-state index contributed by atoms with van der Waals surface area (Å²) in [6.07, 6.45) is 15.1. The van der Waals surface area contributed by atoms with E-state index in [1.165, 1.54) is 69.8 Å². The summed E-state index contributed by atoms with van der Waals surface area (Å²) < 4.78 is 0. The van der Waals surface area contributed by atoms with Crippen LogP contribution in [0.2, 0.25) is 0 Å². The Morgan fingerprint density at radius 1 is 0.581 bits per heavy atom. The number of carbonyl (C=O) groups is 1. The molecule has 0 fully saturated rings. The zero-order chi connectivity index (χ0) is 22.2. The maximum Gasteiger partial charge on any atom is 0.253 e. The highest BCUT2D eigenvalue weighted by atomic mass is 16.2. The van der Waals surface area contributed by atoms with Crippen molar-refractivity contribution in [2.75, 3.05) is 13.1 Å². The predicted molar refractivity (Wildman–Crippen MR) is 135 cm³/mol. The van der Waals surface area contributed by atoms with Crippen molar-refractivity contribution in [1.29, 1.82) is 0 Å². The lowest BCUT2D eigenvalue weighted by molar-refractivity contribution is 0.0749. The van der Waals surface area contributed by atoms with Gasteiger partial charge in [-0.05, 0) is 36.1 Å². The summed E-state index contributed by atoms with van der Waals surface area (Å²) in [6, 6.07) is 18.5. The Morgan fingerprint density at radius 3 is 1.55 bits per heavy atom. The van der Waals surface area contributed by atoms with Gasteiger partial charge in [0, 0.05) is 18.7 Å². The van der Waals surface area contributed by atoms with Crippen LogP contribution in [0.4, 0.5) is 0 Å². The van der Waals surface area contributed by atoms with E-state index < -0.39 is 0 Å². The van der Waals surface area contributed by atoms with Gasteiger partial charge < -0.3 is 4.90 Å². The largest absolute Gasteiger partial charge is 0.339 e. The Kier molecular flexibility index (Phi) is 12.7. The van der Waals surface area contributed by atoms with E-state index >= 15 is 0 Å². The molecule has 0 unspecified atom stereocenters. The third-order valence-electron chi connectivity index (χ3n) is 6.09. The summed E-state index contributed by atoms with van der Waals surface area (Å²) in [7, 11) is 0. The van der Waals surface area contributed by atoms with Crippen molar-refractivity contribution < 1.29 is 4.79 Å². The first-order chi connectivity index (χ1) is 15.3. The zero-order valence-electron chi connectivity index (χ0n) is 20.0. The van der Waals surface area contributed by atoms with Gasteiger partial charge in [0.05, 0.1) is 0 Å². The standard InChI is InChI=1S/C29H43NO/c1-3-5-7-9-11-16-24-30(25-17-12-10-8-6-4-2)29(31)28-22-20-27(21-23-28)26-18-14-13-15-19-26/h13-15,18-23H,3-12,16-17,24-25H2,1-2H3. The van der Waals surface area contributed by atoms with Crippen LogP contribution in [0.15, 0.2) is 54.6 Å². The number of amides is 1. The second-order valence-corrected chi connectivity index (χ2v) is 8.77. The number of nitrogens with zero attached hydrogens (tertiary/aromatic N) is 1. The fraction of sp³-hybridized carbons (Fsp3) is 0.552. The van der Waals surface area contributed by atoms with E-state index in [2.05, 4.69) is 55.1 Å². The van der Waals surface area contributed by atoms with Crippen molar-refractivity contribution in [3.63, 3.8) is 0 Å². The van der Waals surface area contributed by atoms with Crippen molar-refractivity contribution in [3.05, 3.63) is 60.2 Å². The zero-order valence-corrected chi connectivity index (χ0v) is 20.0. The summed E-state index contributed by atoms with van der Waals surface area (Å²) in [6.45, 7) is 6.29. The van der Waals surface area contributed by atoms with E-state index in [0.717, 1.165) is 37.1 Å². The fourth-order valence-electron chi connectivity index (χ4n) is 4.10. The highest BCUT2D eigenvalue weighted by molar-refractivity contribution is 5.94. The second-order valence-electron chi connectivity index (χ2n) is 8.77. The molecule has 2 nitrogen and oxygen atoms in total. The minimum Gasteiger partial charge on any atom is -0.339 e. The molecule has 0 aliphatic rings. The van der Waals surface area contributed by atoms with E-state index in [0.29, 0.717) is 0 Å². The molecule has 0 spiro atoms. The number of hydrogen-bond donors (Lipinski definition) is 0. The molecule has 0 saturated carbocycles. The summed E-state index contributed by atoms with van der Waals surface area (Å²) in [5.74, 6) is 0.196. The van der Waals surface area contributed by atoms with Gasteiger partial charge in [-0.3, -0.25) is 4.79 Å². The van der Waals surface area contributed by atoms with Gasteiger partial charge in [0.2, 0.25) is 0 Å². The number of unbranched alkanes of at least 4 members (excludes halogenated alkanes) is 10. The fourth-order valence-corrected chi connectivity index (χ4v) is 4.10. The molecule has 0 N–H and O–H groups in total. The van der Waals surface area contributed by atoms with E-state index in [1.807, 2.05) is 18.2 Å². The van der Waals surface area contributed by atoms with Crippen LogP contribution >= 0.6 is 0 Å². The lowest BCUT2D eigenvalue weighted by atomic mass is 10.0. The smallest absolute Gasteiger partial charge is 0.253 e. The highest BCUT2D eigenvalue weighted by Crippen LogP contribution is 2.20. The average Bonchev–Trinajstić information content (AvgIpc) is 2.82. The molecule has 2 aromatic rings.